The van der Waals surface area contributed by atoms with Crippen LogP contribution < -0.4 is 5.32 Å². The molecule has 8 heteroatoms. The molecule has 2 aromatic rings. The summed E-state index contributed by atoms with van der Waals surface area (Å²) >= 11 is 0. The summed E-state index contributed by atoms with van der Waals surface area (Å²) in [6, 6.07) is 0. The lowest BCUT2D eigenvalue weighted by Crippen LogP contribution is -2.27. The molecule has 1 aliphatic rings. The minimum Gasteiger partial charge on any atom is -0.390 e. The Morgan fingerprint density at radius 2 is 2.17 bits per heavy atom. The van der Waals surface area contributed by atoms with Gasteiger partial charge < -0.3 is 19.9 Å². The quantitative estimate of drug-likeness (QED) is 0.877. The fourth-order valence-corrected chi connectivity index (χ4v) is 2.71. The van der Waals surface area contributed by atoms with Crippen molar-refractivity contribution in [3.05, 3.63) is 12.7 Å². The number of rotatable bonds is 4. The molecule has 0 aliphatic carbocycles. The summed E-state index contributed by atoms with van der Waals surface area (Å²) < 4.78 is 12.8. The summed E-state index contributed by atoms with van der Waals surface area (Å²) in [6.07, 6.45) is 2.45. The van der Waals surface area contributed by atoms with E-state index >= 15 is 0 Å². The van der Waals surface area contributed by atoms with Gasteiger partial charge in [0.1, 0.15) is 18.7 Å². The number of nitrogens with one attached hydrogen (secondary N) is 1. The summed E-state index contributed by atoms with van der Waals surface area (Å²) in [7, 11) is 1.59. The fraction of sp³-hybridized carbons (Fsp3) is 0.667. The zero-order valence-corrected chi connectivity index (χ0v) is 13.9. The number of imidazole rings is 1. The molecule has 3 rings (SSSR count). The van der Waals surface area contributed by atoms with E-state index in [4.69, 9.17) is 9.47 Å². The molecule has 3 atom stereocenters. The highest BCUT2D eigenvalue weighted by Crippen LogP contribution is 2.32. The number of hydrogen-bond acceptors (Lipinski definition) is 7. The number of anilines is 1. The van der Waals surface area contributed by atoms with Crippen molar-refractivity contribution < 1.29 is 14.6 Å². The molecule has 0 saturated carbocycles. The molecule has 1 unspecified atom stereocenters. The Hall–Kier alpha value is -1.77. The number of hydrogen-bond donors (Lipinski definition) is 2. The third-order valence-corrected chi connectivity index (χ3v) is 3.70. The van der Waals surface area contributed by atoms with E-state index < -0.39 is 6.10 Å². The molecule has 0 bridgehead atoms. The van der Waals surface area contributed by atoms with Crippen molar-refractivity contribution >= 4 is 17.0 Å². The third kappa shape index (κ3) is 3.29. The van der Waals surface area contributed by atoms with Crippen molar-refractivity contribution in [2.45, 2.75) is 51.2 Å². The normalized spacial score (nSPS) is 25.2. The van der Waals surface area contributed by atoms with E-state index in [-0.39, 0.29) is 17.9 Å². The largest absolute Gasteiger partial charge is 0.390 e. The maximum absolute atomic E-state index is 10.1. The molecule has 0 amide bonds. The molecule has 8 nitrogen and oxygen atoms in total. The second kappa shape index (κ2) is 6.03. The second-order valence-corrected chi connectivity index (χ2v) is 6.81. The lowest BCUT2D eigenvalue weighted by Gasteiger charge is -2.21. The number of methoxy groups -OCH3 is 1. The molecule has 1 aliphatic heterocycles. The van der Waals surface area contributed by atoms with Crippen LogP contribution in [0.3, 0.4) is 0 Å². The lowest BCUT2D eigenvalue weighted by atomic mass is 10.1. The highest BCUT2D eigenvalue weighted by Gasteiger charge is 2.35. The number of aromatic nitrogens is 4. The summed E-state index contributed by atoms with van der Waals surface area (Å²) in [5.41, 5.74) is 1.24. The first-order valence-electron chi connectivity index (χ1n) is 7.67. The van der Waals surface area contributed by atoms with Crippen LogP contribution >= 0.6 is 0 Å². The van der Waals surface area contributed by atoms with Crippen molar-refractivity contribution in [1.29, 1.82) is 0 Å². The third-order valence-electron chi connectivity index (χ3n) is 3.70. The Balaban J connectivity index is 1.90. The SMILES string of the molecule is COC[C@H]1O[C@@H](n2cnc3c(NC(C)(C)C)ncnc32)CC1O. The molecule has 3 heterocycles. The Morgan fingerprint density at radius 1 is 1.39 bits per heavy atom. The Labute approximate surface area is 134 Å². The first kappa shape index (κ1) is 16.1. The van der Waals surface area contributed by atoms with Crippen molar-refractivity contribution in [3.63, 3.8) is 0 Å². The number of aliphatic hydroxyl groups is 1. The van der Waals surface area contributed by atoms with Crippen molar-refractivity contribution in [1.82, 2.24) is 19.5 Å². The van der Waals surface area contributed by atoms with Gasteiger partial charge in [-0.2, -0.15) is 0 Å². The zero-order valence-electron chi connectivity index (χ0n) is 13.9. The standard InChI is InChI=1S/C15H23N5O3/c1-15(2,3)19-13-12-14(17-7-16-13)20(8-18-12)11-5-9(21)10(23-11)6-22-4/h7-11,21H,5-6H2,1-4H3,(H,16,17,19)/t9?,10-,11-/m1/s1. The van der Waals surface area contributed by atoms with Crippen molar-refractivity contribution in [3.8, 4) is 0 Å². The molecule has 1 saturated heterocycles. The van der Waals surface area contributed by atoms with Crippen LogP contribution in [-0.4, -0.2) is 56.1 Å². The maximum atomic E-state index is 10.1. The fourth-order valence-electron chi connectivity index (χ4n) is 2.71. The van der Waals surface area contributed by atoms with E-state index in [1.165, 1.54) is 6.33 Å². The van der Waals surface area contributed by atoms with Gasteiger partial charge in [0.2, 0.25) is 0 Å². The van der Waals surface area contributed by atoms with Crippen LogP contribution in [0.25, 0.3) is 11.2 Å². The topological polar surface area (TPSA) is 94.3 Å². The number of fused-ring (bicyclic) bond motifs is 1. The summed E-state index contributed by atoms with van der Waals surface area (Å²) in [5.74, 6) is 0.688. The predicted molar refractivity (Wildman–Crippen MR) is 85.1 cm³/mol. The molecule has 0 aromatic carbocycles. The monoisotopic (exact) mass is 321 g/mol. The van der Waals surface area contributed by atoms with Crippen LogP contribution in [0, 0.1) is 0 Å². The van der Waals surface area contributed by atoms with Gasteiger partial charge in [-0.25, -0.2) is 15.0 Å². The lowest BCUT2D eigenvalue weighted by molar-refractivity contribution is -0.0523. The van der Waals surface area contributed by atoms with E-state index in [0.717, 1.165) is 0 Å². The highest BCUT2D eigenvalue weighted by molar-refractivity contribution is 5.83. The first-order chi connectivity index (χ1) is 10.9. The minimum atomic E-state index is -0.564. The van der Waals surface area contributed by atoms with Crippen molar-refractivity contribution in [2.75, 3.05) is 19.0 Å². The molecule has 126 valence electrons. The summed E-state index contributed by atoms with van der Waals surface area (Å²) in [4.78, 5) is 13.0. The summed E-state index contributed by atoms with van der Waals surface area (Å²) in [6.45, 7) is 6.53. The molecule has 0 radical (unpaired) electrons. The Kier molecular flexibility index (Phi) is 4.22. The van der Waals surface area contributed by atoms with Gasteiger partial charge in [-0.1, -0.05) is 0 Å². The minimum absolute atomic E-state index is 0.130. The number of nitrogens with zero attached hydrogens (tertiary/aromatic N) is 4. The highest BCUT2D eigenvalue weighted by atomic mass is 16.6. The van der Waals surface area contributed by atoms with Gasteiger partial charge in [0, 0.05) is 19.1 Å². The van der Waals surface area contributed by atoms with E-state index in [0.29, 0.717) is 30.0 Å². The zero-order chi connectivity index (χ0) is 16.6. The molecule has 1 fully saturated rings. The number of aliphatic hydroxyl groups excluding tert-OH is 1. The number of ether oxygens (including phenoxy) is 2. The summed E-state index contributed by atoms with van der Waals surface area (Å²) in [5, 5.41) is 13.4. The van der Waals surface area contributed by atoms with Crippen LogP contribution in [0.15, 0.2) is 12.7 Å². The van der Waals surface area contributed by atoms with E-state index in [1.807, 2.05) is 4.57 Å². The average molecular weight is 321 g/mol. The van der Waals surface area contributed by atoms with Gasteiger partial charge in [-0.3, -0.25) is 4.57 Å². The van der Waals surface area contributed by atoms with Crippen LogP contribution in [0.4, 0.5) is 5.82 Å². The van der Waals surface area contributed by atoms with E-state index in [2.05, 4.69) is 41.0 Å². The molecule has 0 spiro atoms. The van der Waals surface area contributed by atoms with E-state index in [1.54, 1.807) is 13.4 Å². The van der Waals surface area contributed by atoms with Crippen LogP contribution in [0.2, 0.25) is 0 Å². The molecule has 2 N–H and O–H groups in total. The Bertz CT molecular complexity index is 681. The Morgan fingerprint density at radius 3 is 2.87 bits per heavy atom. The van der Waals surface area contributed by atoms with Gasteiger partial charge in [0.25, 0.3) is 0 Å². The van der Waals surface area contributed by atoms with Crippen molar-refractivity contribution in [2.24, 2.45) is 0 Å². The van der Waals surface area contributed by atoms with Gasteiger partial charge in [-0.15, -0.1) is 0 Å². The molecule has 2 aromatic heterocycles. The van der Waals surface area contributed by atoms with Crippen LogP contribution in [-0.2, 0) is 9.47 Å². The molecular formula is C15H23N5O3. The second-order valence-electron chi connectivity index (χ2n) is 6.81. The van der Waals surface area contributed by atoms with Gasteiger partial charge in [0.15, 0.2) is 17.0 Å². The van der Waals surface area contributed by atoms with Crippen LogP contribution in [0.1, 0.15) is 33.4 Å². The van der Waals surface area contributed by atoms with Gasteiger partial charge in [-0.05, 0) is 20.8 Å². The smallest absolute Gasteiger partial charge is 0.167 e. The molecular weight excluding hydrogens is 298 g/mol. The van der Waals surface area contributed by atoms with Gasteiger partial charge in [0.05, 0.1) is 19.0 Å². The van der Waals surface area contributed by atoms with Gasteiger partial charge >= 0.3 is 0 Å². The maximum Gasteiger partial charge on any atom is 0.167 e. The van der Waals surface area contributed by atoms with Crippen LogP contribution in [0.5, 0.6) is 0 Å². The predicted octanol–water partition coefficient (Wildman–Crippen LogP) is 1.33. The average Bonchev–Trinajstić information content (AvgIpc) is 3.03. The first-order valence-corrected chi connectivity index (χ1v) is 7.67. The van der Waals surface area contributed by atoms with E-state index in [9.17, 15) is 5.11 Å². The molecule has 23 heavy (non-hydrogen) atoms.